The molecule has 0 heterocycles. The van der Waals surface area contributed by atoms with E-state index in [2.05, 4.69) is 0 Å². The van der Waals surface area contributed by atoms with Crippen molar-refractivity contribution < 1.29 is 19.7 Å². The zero-order chi connectivity index (χ0) is 11.3. The molecule has 0 aliphatic rings. The number of ether oxygens (including phenoxy) is 1. The van der Waals surface area contributed by atoms with Crippen molar-refractivity contribution in [2.45, 2.75) is 19.4 Å². The monoisotopic (exact) mass is 210 g/mol. The lowest BCUT2D eigenvalue weighted by molar-refractivity contribution is -0.139. The minimum absolute atomic E-state index is 0.315. The zero-order valence-electron chi connectivity index (χ0n) is 8.51. The summed E-state index contributed by atoms with van der Waals surface area (Å²) in [5.41, 5.74) is 0.516. The normalized spacial score (nSPS) is 12.1. The number of para-hydroxylation sites is 1. The van der Waals surface area contributed by atoms with Crippen LogP contribution in [0.25, 0.3) is 0 Å². The van der Waals surface area contributed by atoms with Crippen molar-refractivity contribution >= 4 is 5.97 Å². The Bertz CT molecular complexity index is 335. The second-order valence-electron chi connectivity index (χ2n) is 3.08. The summed E-state index contributed by atoms with van der Waals surface area (Å²) in [7, 11) is 0. The van der Waals surface area contributed by atoms with Crippen LogP contribution < -0.4 is 4.74 Å². The molecule has 0 saturated heterocycles. The third kappa shape index (κ3) is 3.25. The molecule has 15 heavy (non-hydrogen) atoms. The van der Waals surface area contributed by atoms with E-state index in [9.17, 15) is 9.90 Å². The second-order valence-corrected chi connectivity index (χ2v) is 3.08. The Morgan fingerprint density at radius 3 is 2.73 bits per heavy atom. The average Bonchev–Trinajstić information content (AvgIpc) is 2.18. The highest BCUT2D eigenvalue weighted by molar-refractivity contribution is 5.67. The molecule has 0 saturated carbocycles. The van der Waals surface area contributed by atoms with Crippen molar-refractivity contribution in [1.29, 1.82) is 0 Å². The quantitative estimate of drug-likeness (QED) is 0.774. The molecule has 1 atom stereocenters. The molecule has 82 valence electrons. The van der Waals surface area contributed by atoms with Crippen molar-refractivity contribution in [3.63, 3.8) is 0 Å². The molecule has 1 aromatic carbocycles. The Morgan fingerprint density at radius 2 is 2.13 bits per heavy atom. The molecule has 0 fully saturated rings. The van der Waals surface area contributed by atoms with Gasteiger partial charge in [0.2, 0.25) is 0 Å². The molecule has 0 radical (unpaired) electrons. The molecular weight excluding hydrogens is 196 g/mol. The summed E-state index contributed by atoms with van der Waals surface area (Å²) in [6.07, 6.45) is -1.34. The Kier molecular flexibility index (Phi) is 4.12. The van der Waals surface area contributed by atoms with Crippen molar-refractivity contribution in [1.82, 2.24) is 0 Å². The summed E-state index contributed by atoms with van der Waals surface area (Å²) in [4.78, 5) is 10.5. The van der Waals surface area contributed by atoms with E-state index in [1.54, 1.807) is 24.3 Å². The van der Waals surface area contributed by atoms with Crippen LogP contribution >= 0.6 is 0 Å². The highest BCUT2D eigenvalue weighted by atomic mass is 16.5. The van der Waals surface area contributed by atoms with Gasteiger partial charge >= 0.3 is 5.97 Å². The fourth-order valence-electron chi connectivity index (χ4n) is 1.32. The number of aliphatic carboxylic acids is 1. The van der Waals surface area contributed by atoms with Crippen LogP contribution in [0, 0.1) is 0 Å². The van der Waals surface area contributed by atoms with Crippen molar-refractivity contribution in [2.75, 3.05) is 6.61 Å². The Labute approximate surface area is 88.1 Å². The van der Waals surface area contributed by atoms with Gasteiger partial charge in [0, 0.05) is 5.56 Å². The lowest BCUT2D eigenvalue weighted by atomic mass is 10.1. The summed E-state index contributed by atoms with van der Waals surface area (Å²) >= 11 is 0. The predicted octanol–water partition coefficient (Wildman–Crippen LogP) is 1.59. The smallest absolute Gasteiger partial charge is 0.306 e. The lowest BCUT2D eigenvalue weighted by Gasteiger charge is -2.13. The molecular formula is C11H14O4. The molecule has 0 amide bonds. The van der Waals surface area contributed by atoms with Gasteiger partial charge in [0.25, 0.3) is 0 Å². The molecule has 0 bridgehead atoms. The van der Waals surface area contributed by atoms with E-state index in [4.69, 9.17) is 9.84 Å². The number of carboxylic acids is 1. The number of hydrogen-bond acceptors (Lipinski definition) is 3. The van der Waals surface area contributed by atoms with Crippen LogP contribution in [0.2, 0.25) is 0 Å². The third-order valence-corrected chi connectivity index (χ3v) is 1.95. The van der Waals surface area contributed by atoms with Crippen LogP contribution in [0.4, 0.5) is 0 Å². The van der Waals surface area contributed by atoms with Gasteiger partial charge in [0.15, 0.2) is 0 Å². The molecule has 4 nitrogen and oxygen atoms in total. The number of carbonyl (C=O) groups is 1. The molecule has 2 N–H and O–H groups in total. The summed E-state index contributed by atoms with van der Waals surface area (Å²) in [5.74, 6) is -0.498. The van der Waals surface area contributed by atoms with E-state index in [0.717, 1.165) is 0 Å². The van der Waals surface area contributed by atoms with E-state index in [0.29, 0.717) is 17.9 Å². The standard InChI is InChI=1S/C11H14O4/c1-2-15-10-6-4-3-5-8(10)9(12)7-11(13)14/h3-6,9,12H,2,7H2,1H3,(H,13,14)/t9-/m0/s1. The zero-order valence-corrected chi connectivity index (χ0v) is 8.51. The predicted molar refractivity (Wildman–Crippen MR) is 54.8 cm³/mol. The van der Waals surface area contributed by atoms with E-state index in [1.165, 1.54) is 0 Å². The maximum Gasteiger partial charge on any atom is 0.306 e. The Hall–Kier alpha value is -1.55. The minimum atomic E-state index is -1.03. The van der Waals surface area contributed by atoms with Crippen molar-refractivity contribution in [2.24, 2.45) is 0 Å². The van der Waals surface area contributed by atoms with Gasteiger partial charge in [0.05, 0.1) is 19.1 Å². The van der Waals surface area contributed by atoms with E-state index < -0.39 is 12.1 Å². The van der Waals surface area contributed by atoms with E-state index >= 15 is 0 Å². The van der Waals surface area contributed by atoms with Crippen LogP contribution in [-0.4, -0.2) is 22.8 Å². The second kappa shape index (κ2) is 5.36. The molecule has 1 aromatic rings. The number of aliphatic hydroxyl groups is 1. The van der Waals surface area contributed by atoms with Gasteiger partial charge in [-0.2, -0.15) is 0 Å². The van der Waals surface area contributed by atoms with Gasteiger partial charge in [-0.15, -0.1) is 0 Å². The maximum absolute atomic E-state index is 10.5. The molecule has 0 aromatic heterocycles. The molecule has 4 heteroatoms. The number of aliphatic hydroxyl groups excluding tert-OH is 1. The first-order chi connectivity index (χ1) is 7.15. The molecule has 0 spiro atoms. The first kappa shape index (κ1) is 11.5. The van der Waals surface area contributed by atoms with Gasteiger partial charge < -0.3 is 14.9 Å². The fourth-order valence-corrected chi connectivity index (χ4v) is 1.32. The maximum atomic E-state index is 10.5. The summed E-state index contributed by atoms with van der Waals surface area (Å²) < 4.78 is 5.29. The van der Waals surface area contributed by atoms with Gasteiger partial charge in [-0.05, 0) is 13.0 Å². The van der Waals surface area contributed by atoms with Crippen molar-refractivity contribution in [3.8, 4) is 5.75 Å². The van der Waals surface area contributed by atoms with Gasteiger partial charge in [-0.1, -0.05) is 18.2 Å². The molecule has 0 unspecified atom stereocenters. The lowest BCUT2D eigenvalue weighted by Crippen LogP contribution is -2.07. The van der Waals surface area contributed by atoms with Gasteiger partial charge in [-0.3, -0.25) is 4.79 Å². The first-order valence-corrected chi connectivity index (χ1v) is 4.76. The third-order valence-electron chi connectivity index (χ3n) is 1.95. The number of hydrogen-bond donors (Lipinski definition) is 2. The molecule has 0 aliphatic carbocycles. The fraction of sp³-hybridized carbons (Fsp3) is 0.364. The highest BCUT2D eigenvalue weighted by Gasteiger charge is 2.15. The average molecular weight is 210 g/mol. The van der Waals surface area contributed by atoms with Crippen molar-refractivity contribution in [3.05, 3.63) is 29.8 Å². The van der Waals surface area contributed by atoms with E-state index in [-0.39, 0.29) is 6.42 Å². The highest BCUT2D eigenvalue weighted by Crippen LogP contribution is 2.26. The van der Waals surface area contributed by atoms with Crippen LogP contribution in [0.5, 0.6) is 5.75 Å². The Balaban J connectivity index is 2.86. The van der Waals surface area contributed by atoms with Gasteiger partial charge in [0.1, 0.15) is 5.75 Å². The largest absolute Gasteiger partial charge is 0.493 e. The van der Waals surface area contributed by atoms with Crippen LogP contribution in [0.1, 0.15) is 25.0 Å². The Morgan fingerprint density at radius 1 is 1.47 bits per heavy atom. The summed E-state index contributed by atoms with van der Waals surface area (Å²) in [6.45, 7) is 2.32. The number of benzene rings is 1. The summed E-state index contributed by atoms with van der Waals surface area (Å²) in [5, 5.41) is 18.2. The van der Waals surface area contributed by atoms with Crippen LogP contribution in [0.15, 0.2) is 24.3 Å². The van der Waals surface area contributed by atoms with Crippen LogP contribution in [-0.2, 0) is 4.79 Å². The molecule has 0 aliphatic heterocycles. The van der Waals surface area contributed by atoms with E-state index in [1.807, 2.05) is 6.92 Å². The SMILES string of the molecule is CCOc1ccccc1[C@@H](O)CC(=O)O. The topological polar surface area (TPSA) is 66.8 Å². The number of rotatable bonds is 5. The van der Waals surface area contributed by atoms with Gasteiger partial charge in [-0.25, -0.2) is 0 Å². The first-order valence-electron chi connectivity index (χ1n) is 4.76. The van der Waals surface area contributed by atoms with Crippen LogP contribution in [0.3, 0.4) is 0 Å². The molecule has 1 rings (SSSR count). The summed E-state index contributed by atoms with van der Waals surface area (Å²) in [6, 6.07) is 6.90. The minimum Gasteiger partial charge on any atom is -0.493 e. The number of carboxylic acid groups (broad SMARTS) is 1.